The number of carbonyl (C=O) groups is 3. The monoisotopic (exact) mass is 511 g/mol. The van der Waals surface area contributed by atoms with Gasteiger partial charge in [-0.25, -0.2) is 0 Å². The van der Waals surface area contributed by atoms with Crippen LogP contribution < -0.4 is 10.6 Å². The van der Waals surface area contributed by atoms with Gasteiger partial charge < -0.3 is 19.9 Å². The summed E-state index contributed by atoms with van der Waals surface area (Å²) < 4.78 is 7.86. The van der Waals surface area contributed by atoms with Crippen LogP contribution in [0, 0.1) is 17.8 Å². The van der Waals surface area contributed by atoms with Gasteiger partial charge in [-0.2, -0.15) is 0 Å². The molecule has 2 aromatic rings. The van der Waals surface area contributed by atoms with E-state index in [4.69, 9.17) is 4.74 Å². The first-order valence-corrected chi connectivity index (χ1v) is 13.8. The number of para-hydroxylation sites is 1. The molecule has 0 spiro atoms. The third-order valence-corrected chi connectivity index (χ3v) is 7.00. The second-order valence-electron chi connectivity index (χ2n) is 11.9. The molecule has 0 saturated heterocycles. The zero-order valence-electron chi connectivity index (χ0n) is 23.4. The summed E-state index contributed by atoms with van der Waals surface area (Å²) >= 11 is 0. The molecule has 204 valence electrons. The lowest BCUT2D eigenvalue weighted by atomic mass is 9.85. The molecule has 7 heteroatoms. The first-order chi connectivity index (χ1) is 17.5. The molecule has 0 aliphatic carbocycles. The van der Waals surface area contributed by atoms with Crippen molar-refractivity contribution in [1.82, 2.24) is 15.2 Å². The molecule has 3 rings (SSSR count). The number of hydrogen-bond donors (Lipinski definition) is 2. The van der Waals surface area contributed by atoms with Gasteiger partial charge in [-0.05, 0) is 57.6 Å². The number of amides is 2. The van der Waals surface area contributed by atoms with E-state index in [0.29, 0.717) is 19.4 Å². The summed E-state index contributed by atoms with van der Waals surface area (Å²) in [7, 11) is 0. The number of rotatable bonds is 6. The van der Waals surface area contributed by atoms with Crippen molar-refractivity contribution in [2.75, 3.05) is 6.54 Å². The van der Waals surface area contributed by atoms with E-state index in [9.17, 15) is 14.4 Å². The lowest BCUT2D eigenvalue weighted by molar-refractivity contribution is -0.163. The smallest absolute Gasteiger partial charge is 0.309 e. The molecule has 7 nitrogen and oxygen atoms in total. The molecule has 0 saturated carbocycles. The van der Waals surface area contributed by atoms with Gasteiger partial charge in [0, 0.05) is 36.6 Å². The Bertz CT molecular complexity index is 1080. The summed E-state index contributed by atoms with van der Waals surface area (Å²) in [5.41, 5.74) is 1.55. The molecule has 1 aromatic carbocycles. The number of hydrogen-bond acceptors (Lipinski definition) is 4. The molecule has 1 aromatic heterocycles. The van der Waals surface area contributed by atoms with E-state index in [1.807, 2.05) is 46.8 Å². The highest BCUT2D eigenvalue weighted by molar-refractivity contribution is 5.92. The van der Waals surface area contributed by atoms with Crippen LogP contribution in [0.3, 0.4) is 0 Å². The highest BCUT2D eigenvalue weighted by atomic mass is 16.6. The maximum atomic E-state index is 13.7. The number of fused-ring (bicyclic) bond motifs is 5. The van der Waals surface area contributed by atoms with Gasteiger partial charge >= 0.3 is 5.97 Å². The predicted molar refractivity (Wildman–Crippen MR) is 147 cm³/mol. The van der Waals surface area contributed by atoms with Crippen LogP contribution in [-0.4, -0.2) is 40.5 Å². The van der Waals surface area contributed by atoms with E-state index in [1.165, 1.54) is 0 Å². The third-order valence-electron chi connectivity index (χ3n) is 7.00. The summed E-state index contributed by atoms with van der Waals surface area (Å²) in [6.45, 7) is 12.8. The lowest BCUT2D eigenvalue weighted by Crippen LogP contribution is -2.51. The highest BCUT2D eigenvalue weighted by Crippen LogP contribution is 2.26. The molecule has 3 atom stereocenters. The lowest BCUT2D eigenvalue weighted by Gasteiger charge is -2.29. The van der Waals surface area contributed by atoms with Crippen molar-refractivity contribution in [3.63, 3.8) is 0 Å². The van der Waals surface area contributed by atoms with Gasteiger partial charge in [-0.1, -0.05) is 51.8 Å². The average molecular weight is 512 g/mol. The van der Waals surface area contributed by atoms with Crippen molar-refractivity contribution < 1.29 is 19.1 Å². The molecule has 2 N–H and O–H groups in total. The zero-order chi connectivity index (χ0) is 27.2. The van der Waals surface area contributed by atoms with Gasteiger partial charge in [0.15, 0.2) is 0 Å². The fraction of sp³-hybridized carbons (Fsp3) is 0.633. The van der Waals surface area contributed by atoms with E-state index in [1.54, 1.807) is 6.92 Å². The predicted octanol–water partition coefficient (Wildman–Crippen LogP) is 5.00. The number of ether oxygens (including phenoxy) is 1. The SMILES string of the molecule is CC(C)C[C@@H](C(=O)NC1Cc2cn(c3ccccc23)CCCCCCNC1=O)C(C)C(=O)OC(C)(C)C. The quantitative estimate of drug-likeness (QED) is 0.534. The molecular formula is C30H45N3O4. The molecule has 0 fully saturated rings. The molecule has 2 heterocycles. The standard InChI is InChI=1S/C30H45N3O4/c1-20(2)17-24(21(3)29(36)37-30(4,5)6)27(34)32-25-18-22-19-33(26-14-10-9-13-23(22)26)16-12-8-7-11-15-31-28(25)35/h9-10,13-14,19-21,24-25H,7-8,11-12,15-18H2,1-6H3,(H,31,35)(H,32,34)/t21?,24-,25?/m1/s1. The summed E-state index contributed by atoms with van der Waals surface area (Å²) in [5.74, 6) is -1.86. The third kappa shape index (κ3) is 8.08. The number of nitrogens with zero attached hydrogens (tertiary/aromatic N) is 1. The first kappa shape index (κ1) is 28.7. The maximum absolute atomic E-state index is 13.7. The van der Waals surface area contributed by atoms with Gasteiger partial charge in [-0.3, -0.25) is 14.4 Å². The minimum absolute atomic E-state index is 0.183. The van der Waals surface area contributed by atoms with Crippen LogP contribution in [0.2, 0.25) is 0 Å². The van der Waals surface area contributed by atoms with Crippen molar-refractivity contribution in [2.24, 2.45) is 17.8 Å². The number of nitrogens with one attached hydrogen (secondary N) is 2. The Morgan fingerprint density at radius 3 is 2.51 bits per heavy atom. The van der Waals surface area contributed by atoms with Crippen LogP contribution >= 0.6 is 0 Å². The maximum Gasteiger partial charge on any atom is 0.309 e. The van der Waals surface area contributed by atoms with Crippen LogP contribution in [0.5, 0.6) is 0 Å². The van der Waals surface area contributed by atoms with Gasteiger partial charge in [0.1, 0.15) is 11.6 Å². The fourth-order valence-electron chi connectivity index (χ4n) is 5.08. The molecule has 2 amide bonds. The summed E-state index contributed by atoms with van der Waals surface area (Å²) in [6.07, 6.45) is 7.20. The Hall–Kier alpha value is -2.83. The van der Waals surface area contributed by atoms with E-state index in [0.717, 1.165) is 48.7 Å². The second kappa shape index (κ2) is 12.6. The van der Waals surface area contributed by atoms with Crippen LogP contribution in [0.1, 0.15) is 79.2 Å². The van der Waals surface area contributed by atoms with Gasteiger partial charge in [0.25, 0.3) is 0 Å². The molecule has 37 heavy (non-hydrogen) atoms. The first-order valence-electron chi connectivity index (χ1n) is 13.8. The fourth-order valence-corrected chi connectivity index (χ4v) is 5.08. The Labute approximate surface area is 221 Å². The topological polar surface area (TPSA) is 89.4 Å². The summed E-state index contributed by atoms with van der Waals surface area (Å²) in [6, 6.07) is 7.50. The van der Waals surface area contributed by atoms with E-state index >= 15 is 0 Å². The minimum atomic E-state index is -0.729. The van der Waals surface area contributed by atoms with Crippen molar-refractivity contribution in [1.29, 1.82) is 0 Å². The van der Waals surface area contributed by atoms with Crippen LogP contribution in [-0.2, 0) is 32.1 Å². The molecular weight excluding hydrogens is 466 g/mol. The van der Waals surface area contributed by atoms with Crippen LogP contribution in [0.15, 0.2) is 30.5 Å². The number of aryl methyl sites for hydroxylation is 1. The Morgan fingerprint density at radius 2 is 1.81 bits per heavy atom. The Kier molecular flexibility index (Phi) is 9.80. The van der Waals surface area contributed by atoms with E-state index in [2.05, 4.69) is 33.5 Å². The van der Waals surface area contributed by atoms with Crippen molar-refractivity contribution in [3.05, 3.63) is 36.0 Å². The van der Waals surface area contributed by atoms with E-state index < -0.39 is 29.4 Å². The largest absolute Gasteiger partial charge is 0.460 e. The van der Waals surface area contributed by atoms with Crippen LogP contribution in [0.25, 0.3) is 10.9 Å². The molecule has 1 aliphatic rings. The molecule has 2 bridgehead atoms. The minimum Gasteiger partial charge on any atom is -0.460 e. The van der Waals surface area contributed by atoms with Crippen molar-refractivity contribution >= 4 is 28.7 Å². The zero-order valence-corrected chi connectivity index (χ0v) is 23.4. The van der Waals surface area contributed by atoms with E-state index in [-0.39, 0.29) is 17.7 Å². The number of carbonyl (C=O) groups excluding carboxylic acids is 3. The number of aromatic nitrogens is 1. The summed E-state index contributed by atoms with van der Waals surface area (Å²) in [5, 5.41) is 7.18. The normalized spacial score (nSPS) is 19.2. The number of esters is 1. The Balaban J connectivity index is 1.89. The Morgan fingerprint density at radius 1 is 1.11 bits per heavy atom. The average Bonchev–Trinajstić information content (AvgIpc) is 3.17. The van der Waals surface area contributed by atoms with Crippen molar-refractivity contribution in [3.8, 4) is 0 Å². The second-order valence-corrected chi connectivity index (χ2v) is 11.9. The summed E-state index contributed by atoms with van der Waals surface area (Å²) in [4.78, 5) is 39.8. The van der Waals surface area contributed by atoms with Gasteiger partial charge in [0.05, 0.1) is 11.8 Å². The molecule has 2 unspecified atom stereocenters. The number of benzene rings is 1. The van der Waals surface area contributed by atoms with Gasteiger partial charge in [-0.15, -0.1) is 0 Å². The highest BCUT2D eigenvalue weighted by Gasteiger charge is 2.35. The molecule has 1 aliphatic heterocycles. The van der Waals surface area contributed by atoms with Crippen LogP contribution in [0.4, 0.5) is 0 Å². The van der Waals surface area contributed by atoms with Crippen molar-refractivity contribution in [2.45, 2.75) is 98.3 Å². The van der Waals surface area contributed by atoms with Gasteiger partial charge in [0.2, 0.25) is 11.8 Å². The molecule has 0 radical (unpaired) electrons.